The van der Waals surface area contributed by atoms with Gasteiger partial charge in [0.05, 0.1) is 11.0 Å². The van der Waals surface area contributed by atoms with Gasteiger partial charge in [-0.25, -0.2) is 9.97 Å². The first-order valence-electron chi connectivity index (χ1n) is 10.6. The first-order valence-corrected chi connectivity index (χ1v) is 10.6. The lowest BCUT2D eigenvalue weighted by Crippen LogP contribution is -2.32. The maximum atomic E-state index is 13.0. The highest BCUT2D eigenvalue weighted by atomic mass is 16.1. The van der Waals surface area contributed by atoms with Crippen molar-refractivity contribution in [1.29, 1.82) is 0 Å². The zero-order chi connectivity index (χ0) is 20.4. The molecule has 152 valence electrons. The van der Waals surface area contributed by atoms with E-state index < -0.39 is 0 Å². The highest BCUT2D eigenvalue weighted by molar-refractivity contribution is 6.10. The Hall–Kier alpha value is -2.89. The fraction of sp³-hybridized carbons (Fsp3) is 0.435. The second-order valence-electron chi connectivity index (χ2n) is 7.94. The Morgan fingerprint density at radius 1 is 1.24 bits per heavy atom. The van der Waals surface area contributed by atoms with Crippen molar-refractivity contribution in [3.05, 3.63) is 41.5 Å². The zero-order valence-corrected chi connectivity index (χ0v) is 17.2. The smallest absolute Gasteiger partial charge is 0.257 e. The number of hydrogen-bond acceptors (Lipinski definition) is 4. The Morgan fingerprint density at radius 2 is 2.00 bits per heavy atom. The van der Waals surface area contributed by atoms with E-state index in [1.165, 1.54) is 18.4 Å². The number of amides is 1. The number of fused-ring (bicyclic) bond motifs is 2. The molecule has 0 aliphatic heterocycles. The standard InChI is InChI=1S/C23H29N5O/c1-3-15(2)25-23(29)19-20-22(27-18-12-8-7-11-17(18)26-20)28(21(19)24)14-13-16-9-5-4-6-10-16/h7-9,11-12,15H,3-6,10,13-14,24H2,1-2H3,(H,25,29)/t15-/m1/s1. The van der Waals surface area contributed by atoms with Crippen LogP contribution in [-0.2, 0) is 6.54 Å². The average Bonchev–Trinajstić information content (AvgIpc) is 3.01. The van der Waals surface area contributed by atoms with Crippen LogP contribution in [0.4, 0.5) is 5.82 Å². The Labute approximate surface area is 171 Å². The molecular formula is C23H29N5O. The minimum atomic E-state index is -0.179. The van der Waals surface area contributed by atoms with Gasteiger partial charge in [-0.2, -0.15) is 0 Å². The van der Waals surface area contributed by atoms with Gasteiger partial charge in [-0.1, -0.05) is 30.7 Å². The molecule has 0 saturated heterocycles. The van der Waals surface area contributed by atoms with E-state index in [4.69, 9.17) is 15.7 Å². The topological polar surface area (TPSA) is 85.8 Å². The number of rotatable bonds is 6. The minimum absolute atomic E-state index is 0.0705. The molecule has 1 aromatic carbocycles. The van der Waals surface area contributed by atoms with E-state index in [0.717, 1.165) is 36.7 Å². The van der Waals surface area contributed by atoms with Crippen LogP contribution in [0, 0.1) is 0 Å². The zero-order valence-electron chi connectivity index (χ0n) is 17.2. The van der Waals surface area contributed by atoms with E-state index in [-0.39, 0.29) is 11.9 Å². The number of anilines is 1. The predicted octanol–water partition coefficient (Wildman–Crippen LogP) is 4.59. The third kappa shape index (κ3) is 3.84. The molecule has 4 rings (SSSR count). The lowest BCUT2D eigenvalue weighted by molar-refractivity contribution is 0.0941. The maximum absolute atomic E-state index is 13.0. The summed E-state index contributed by atoms with van der Waals surface area (Å²) in [6.07, 6.45) is 8.96. The number of nitrogens with one attached hydrogen (secondary N) is 1. The first-order chi connectivity index (χ1) is 14.1. The third-order valence-electron chi connectivity index (χ3n) is 5.85. The Balaban J connectivity index is 1.80. The summed E-state index contributed by atoms with van der Waals surface area (Å²) in [6, 6.07) is 7.80. The highest BCUT2D eigenvalue weighted by Crippen LogP contribution is 2.29. The lowest BCUT2D eigenvalue weighted by atomic mass is 9.97. The van der Waals surface area contributed by atoms with Crippen LogP contribution in [-0.4, -0.2) is 26.5 Å². The molecule has 1 aliphatic carbocycles. The van der Waals surface area contributed by atoms with Gasteiger partial charge in [-0.15, -0.1) is 0 Å². The van der Waals surface area contributed by atoms with Gasteiger partial charge in [-0.05, 0) is 57.6 Å². The molecule has 0 spiro atoms. The van der Waals surface area contributed by atoms with Gasteiger partial charge in [0, 0.05) is 12.6 Å². The Kier molecular flexibility index (Phi) is 5.51. The van der Waals surface area contributed by atoms with Gasteiger partial charge in [0.2, 0.25) is 0 Å². The summed E-state index contributed by atoms with van der Waals surface area (Å²) < 4.78 is 1.97. The van der Waals surface area contributed by atoms with Crippen molar-refractivity contribution < 1.29 is 4.79 Å². The summed E-state index contributed by atoms with van der Waals surface area (Å²) in [5.74, 6) is 0.273. The molecular weight excluding hydrogens is 362 g/mol. The summed E-state index contributed by atoms with van der Waals surface area (Å²) in [5, 5.41) is 3.03. The molecule has 29 heavy (non-hydrogen) atoms. The molecule has 3 N–H and O–H groups in total. The van der Waals surface area contributed by atoms with Crippen LogP contribution in [0.3, 0.4) is 0 Å². The third-order valence-corrected chi connectivity index (χ3v) is 5.85. The molecule has 6 nitrogen and oxygen atoms in total. The first kappa shape index (κ1) is 19.4. The summed E-state index contributed by atoms with van der Waals surface area (Å²) in [7, 11) is 0. The molecule has 0 bridgehead atoms. The van der Waals surface area contributed by atoms with Gasteiger partial charge in [0.1, 0.15) is 16.9 Å². The number of nitrogens with two attached hydrogens (primary N) is 1. The van der Waals surface area contributed by atoms with Crippen molar-refractivity contribution in [1.82, 2.24) is 19.9 Å². The molecule has 1 atom stereocenters. The Bertz CT molecular complexity index is 1080. The predicted molar refractivity (Wildman–Crippen MR) is 118 cm³/mol. The molecule has 3 aromatic rings. The average molecular weight is 392 g/mol. The number of hydrogen-bond donors (Lipinski definition) is 2. The molecule has 1 amide bonds. The molecule has 0 radical (unpaired) electrons. The number of aryl methyl sites for hydroxylation is 1. The minimum Gasteiger partial charge on any atom is -0.384 e. The van der Waals surface area contributed by atoms with Crippen LogP contribution in [0.5, 0.6) is 0 Å². The number of para-hydroxylation sites is 2. The monoisotopic (exact) mass is 391 g/mol. The van der Waals surface area contributed by atoms with E-state index in [2.05, 4.69) is 11.4 Å². The number of carbonyl (C=O) groups is 1. The lowest BCUT2D eigenvalue weighted by Gasteiger charge is -2.14. The summed E-state index contributed by atoms with van der Waals surface area (Å²) in [4.78, 5) is 22.6. The normalized spacial score (nSPS) is 15.4. The number of nitrogen functional groups attached to an aromatic ring is 1. The van der Waals surface area contributed by atoms with Crippen LogP contribution in [0.2, 0.25) is 0 Å². The van der Waals surface area contributed by atoms with Gasteiger partial charge in [0.25, 0.3) is 5.91 Å². The van der Waals surface area contributed by atoms with E-state index in [1.54, 1.807) is 0 Å². The molecule has 0 saturated carbocycles. The molecule has 0 fully saturated rings. The largest absolute Gasteiger partial charge is 0.384 e. The molecule has 2 aromatic heterocycles. The van der Waals surface area contributed by atoms with Crippen molar-refractivity contribution in [2.45, 2.75) is 65.0 Å². The van der Waals surface area contributed by atoms with E-state index in [9.17, 15) is 4.79 Å². The van der Waals surface area contributed by atoms with E-state index in [0.29, 0.717) is 29.1 Å². The van der Waals surface area contributed by atoms with E-state index in [1.807, 2.05) is 42.7 Å². The van der Waals surface area contributed by atoms with Crippen LogP contribution in [0.1, 0.15) is 62.7 Å². The molecule has 1 aliphatic rings. The number of nitrogens with zero attached hydrogens (tertiary/aromatic N) is 3. The number of carbonyl (C=O) groups excluding carboxylic acids is 1. The van der Waals surface area contributed by atoms with E-state index >= 15 is 0 Å². The van der Waals surface area contributed by atoms with Crippen molar-refractivity contribution in [3.63, 3.8) is 0 Å². The quantitative estimate of drug-likeness (QED) is 0.602. The number of benzene rings is 1. The highest BCUT2D eigenvalue weighted by Gasteiger charge is 2.24. The summed E-state index contributed by atoms with van der Waals surface area (Å²) in [6.45, 7) is 4.74. The number of aromatic nitrogens is 3. The van der Waals surface area contributed by atoms with Crippen molar-refractivity contribution in [3.8, 4) is 0 Å². The van der Waals surface area contributed by atoms with Crippen LogP contribution in [0.25, 0.3) is 22.2 Å². The van der Waals surface area contributed by atoms with Gasteiger partial charge in [-0.3, -0.25) is 4.79 Å². The van der Waals surface area contributed by atoms with Crippen molar-refractivity contribution in [2.24, 2.45) is 0 Å². The van der Waals surface area contributed by atoms with Gasteiger partial charge >= 0.3 is 0 Å². The fourth-order valence-electron chi connectivity index (χ4n) is 3.95. The maximum Gasteiger partial charge on any atom is 0.257 e. The molecule has 6 heteroatoms. The van der Waals surface area contributed by atoms with Crippen LogP contribution < -0.4 is 11.1 Å². The second kappa shape index (κ2) is 8.23. The second-order valence-corrected chi connectivity index (χ2v) is 7.94. The molecule has 0 unspecified atom stereocenters. The fourth-order valence-corrected chi connectivity index (χ4v) is 3.95. The van der Waals surface area contributed by atoms with Crippen molar-refractivity contribution >= 4 is 33.9 Å². The van der Waals surface area contributed by atoms with Crippen LogP contribution in [0.15, 0.2) is 35.9 Å². The number of allylic oxidation sites excluding steroid dienone is 2. The van der Waals surface area contributed by atoms with Gasteiger partial charge in [0.15, 0.2) is 5.65 Å². The van der Waals surface area contributed by atoms with Gasteiger partial charge < -0.3 is 15.6 Å². The SMILES string of the molecule is CC[C@@H](C)NC(=O)c1c(N)n(CCC2=CCCCC2)c2nc3ccccc3nc12. The Morgan fingerprint density at radius 3 is 2.69 bits per heavy atom. The summed E-state index contributed by atoms with van der Waals surface area (Å²) in [5.41, 5.74) is 11.3. The van der Waals surface area contributed by atoms with Crippen LogP contribution >= 0.6 is 0 Å². The van der Waals surface area contributed by atoms with Crippen molar-refractivity contribution in [2.75, 3.05) is 5.73 Å². The molecule has 2 heterocycles. The summed E-state index contributed by atoms with van der Waals surface area (Å²) >= 11 is 0.